The Balaban J connectivity index is 0.000000293. The number of aromatic nitrogens is 3. The summed E-state index contributed by atoms with van der Waals surface area (Å²) >= 11 is 0. The fraction of sp³-hybridized carbons (Fsp3) is 0.325. The number of nitrogens with zero attached hydrogens (tertiary/aromatic N) is 5. The number of hydrogen-bond acceptors (Lipinski definition) is 9. The van der Waals surface area contributed by atoms with Gasteiger partial charge in [-0.1, -0.05) is 38.1 Å². The van der Waals surface area contributed by atoms with E-state index in [9.17, 15) is 30.8 Å². The van der Waals surface area contributed by atoms with Crippen molar-refractivity contribution in [2.45, 2.75) is 58.3 Å². The standard InChI is InChI=1S/C22H26FN3O2.C16H13F3N4O3S.C2H6.2H2/c1-2-24-22(27)15-28-19-8-3-16(4-9-19)14-25-11-12-26(18-6-7-18)20-10-5-17(23)13-21(20)25;17-16(18,19)26-13-6-4-12(5-7-13)11-27(24,25)22-14-3-1-8-20-15(14)23-10-2-9-21-23;1-2;;/h3-5,8-10,13,18H,2,6-7,11-12,14-15H2,1H3,(H,24,27);1-10,22H,11H2;1-2H3;2*1H. The Hall–Kier alpha value is -5.84. The van der Waals surface area contributed by atoms with Gasteiger partial charge in [-0.2, -0.15) is 5.10 Å². The fourth-order valence-corrected chi connectivity index (χ4v) is 7.16. The quantitative estimate of drug-likeness (QED) is 0.114. The van der Waals surface area contributed by atoms with E-state index in [4.69, 9.17) is 4.74 Å². The van der Waals surface area contributed by atoms with Crippen LogP contribution in [-0.4, -0.2) is 67.7 Å². The molecule has 3 heterocycles. The Labute approximate surface area is 332 Å². The number of likely N-dealkylation sites (N-methyl/N-ethyl adjacent to an activating group) is 1. The minimum absolute atomic E-state index is 0. The molecule has 2 aliphatic rings. The molecule has 7 rings (SSSR count). The molecular weight excluding hydrogens is 767 g/mol. The highest BCUT2D eigenvalue weighted by Crippen LogP contribution is 2.41. The van der Waals surface area contributed by atoms with Crippen LogP contribution in [-0.2, 0) is 27.1 Å². The molecule has 0 radical (unpaired) electrons. The lowest BCUT2D eigenvalue weighted by molar-refractivity contribution is -0.274. The number of alkyl halides is 3. The molecule has 1 saturated carbocycles. The van der Waals surface area contributed by atoms with Gasteiger partial charge >= 0.3 is 6.36 Å². The number of carbonyl (C=O) groups excluding carboxylic acids is 1. The monoisotopic (exact) mass is 815 g/mol. The number of rotatable bonds is 13. The lowest BCUT2D eigenvalue weighted by Gasteiger charge is -2.39. The van der Waals surface area contributed by atoms with Gasteiger partial charge in [0.1, 0.15) is 17.3 Å². The summed E-state index contributed by atoms with van der Waals surface area (Å²) in [6.07, 6.45) is 2.28. The summed E-state index contributed by atoms with van der Waals surface area (Å²) < 4.78 is 88.3. The predicted octanol–water partition coefficient (Wildman–Crippen LogP) is 7.96. The molecule has 3 aromatic carbocycles. The van der Waals surface area contributed by atoms with Crippen LogP contribution < -0.4 is 29.3 Å². The van der Waals surface area contributed by atoms with Gasteiger partial charge in [0, 0.05) is 53.7 Å². The van der Waals surface area contributed by atoms with Crippen molar-refractivity contribution in [3.8, 4) is 17.3 Å². The first-order valence-corrected chi connectivity index (χ1v) is 20.1. The van der Waals surface area contributed by atoms with Gasteiger partial charge in [0.25, 0.3) is 5.91 Å². The number of anilines is 3. The zero-order valence-electron chi connectivity index (χ0n) is 31.7. The number of sulfonamides is 1. The Bertz CT molecular complexity index is 2160. The van der Waals surface area contributed by atoms with Crippen molar-refractivity contribution < 1.29 is 43.1 Å². The van der Waals surface area contributed by atoms with Gasteiger partial charge in [-0.25, -0.2) is 22.5 Å². The maximum absolute atomic E-state index is 13.9. The number of benzene rings is 3. The second-order valence-electron chi connectivity index (χ2n) is 12.7. The van der Waals surface area contributed by atoms with Crippen LogP contribution in [0.1, 0.15) is 47.6 Å². The second kappa shape index (κ2) is 19.3. The van der Waals surface area contributed by atoms with E-state index in [0.29, 0.717) is 36.3 Å². The number of amides is 1. The number of halogens is 4. The van der Waals surface area contributed by atoms with E-state index in [-0.39, 0.29) is 26.9 Å². The Morgan fingerprint density at radius 2 is 1.61 bits per heavy atom. The minimum atomic E-state index is -4.81. The molecule has 1 aliphatic carbocycles. The summed E-state index contributed by atoms with van der Waals surface area (Å²) in [5, 5.41) is 6.72. The summed E-state index contributed by atoms with van der Waals surface area (Å²) in [4.78, 5) is 20.3. The van der Waals surface area contributed by atoms with Gasteiger partial charge in [-0.3, -0.25) is 9.52 Å². The largest absolute Gasteiger partial charge is 0.573 e. The van der Waals surface area contributed by atoms with Gasteiger partial charge in [0.05, 0.1) is 22.8 Å². The van der Waals surface area contributed by atoms with E-state index in [1.165, 1.54) is 48.1 Å². The van der Waals surface area contributed by atoms with Gasteiger partial charge in [0.2, 0.25) is 10.0 Å². The normalized spacial score (nSPS) is 13.6. The first-order chi connectivity index (χ1) is 27.4. The van der Waals surface area contributed by atoms with E-state index >= 15 is 0 Å². The van der Waals surface area contributed by atoms with Crippen LogP contribution in [0.2, 0.25) is 0 Å². The van der Waals surface area contributed by atoms with Crippen molar-refractivity contribution in [1.82, 2.24) is 20.1 Å². The first-order valence-electron chi connectivity index (χ1n) is 18.5. The molecule has 5 aromatic rings. The van der Waals surface area contributed by atoms with Crippen LogP contribution in [0.5, 0.6) is 11.5 Å². The third kappa shape index (κ3) is 12.6. The van der Waals surface area contributed by atoms with Crippen LogP contribution in [0.25, 0.3) is 5.82 Å². The summed E-state index contributed by atoms with van der Waals surface area (Å²) in [6.45, 7) is 9.05. The Morgan fingerprint density at radius 3 is 2.26 bits per heavy atom. The molecule has 0 unspecified atom stereocenters. The first kappa shape index (κ1) is 42.3. The number of fused-ring (bicyclic) bond motifs is 1. The number of ether oxygens (including phenoxy) is 2. The maximum atomic E-state index is 13.9. The summed E-state index contributed by atoms with van der Waals surface area (Å²) in [5.74, 6) is -0.230. The summed E-state index contributed by atoms with van der Waals surface area (Å²) in [6, 6.07) is 22.8. The SMILES string of the molecule is CC.CCNC(=O)COc1ccc(CN2CCN(C3CC3)c3ccc(F)cc32)cc1.O=S(=O)(Cc1ccc(OC(F)(F)F)cc1)Nc1cccnc1-n1cccn1.[HH].[HH]. The van der Waals surface area contributed by atoms with Crippen molar-refractivity contribution in [3.05, 3.63) is 120 Å². The Morgan fingerprint density at radius 1 is 0.912 bits per heavy atom. The number of nitrogens with one attached hydrogen (secondary N) is 2. The van der Waals surface area contributed by atoms with Crippen molar-refractivity contribution >= 4 is 33.0 Å². The van der Waals surface area contributed by atoms with Crippen LogP contribution in [0.15, 0.2) is 104 Å². The molecular formula is C40H49F4N7O5S. The van der Waals surface area contributed by atoms with Gasteiger partial charge in [0.15, 0.2) is 12.4 Å². The molecule has 0 spiro atoms. The van der Waals surface area contributed by atoms with Crippen molar-refractivity contribution in [3.63, 3.8) is 0 Å². The minimum Gasteiger partial charge on any atom is -0.484 e. The molecule has 1 amide bonds. The van der Waals surface area contributed by atoms with Crippen LogP contribution in [0.4, 0.5) is 34.6 Å². The van der Waals surface area contributed by atoms with E-state index in [0.717, 1.165) is 42.2 Å². The van der Waals surface area contributed by atoms with Crippen LogP contribution in [0.3, 0.4) is 0 Å². The van der Waals surface area contributed by atoms with Gasteiger partial charge in [-0.05, 0) is 91.6 Å². The molecule has 308 valence electrons. The van der Waals surface area contributed by atoms with E-state index in [2.05, 4.69) is 34.7 Å². The molecule has 1 fully saturated rings. The summed E-state index contributed by atoms with van der Waals surface area (Å²) in [5.41, 5.74) is 3.74. The third-order valence-corrected chi connectivity index (χ3v) is 9.76. The molecule has 1 aliphatic heterocycles. The number of pyridine rings is 1. The molecule has 2 N–H and O–H groups in total. The predicted molar refractivity (Wildman–Crippen MR) is 215 cm³/mol. The van der Waals surface area contributed by atoms with Crippen molar-refractivity contribution in [2.24, 2.45) is 0 Å². The van der Waals surface area contributed by atoms with E-state index in [1.807, 2.05) is 51.1 Å². The highest BCUT2D eigenvalue weighted by Gasteiger charge is 2.34. The number of carbonyl (C=O) groups is 1. The molecule has 0 bridgehead atoms. The van der Waals surface area contributed by atoms with Crippen LogP contribution >= 0.6 is 0 Å². The van der Waals surface area contributed by atoms with Gasteiger partial charge in [-0.15, -0.1) is 13.2 Å². The zero-order chi connectivity index (χ0) is 41.0. The molecule has 57 heavy (non-hydrogen) atoms. The fourth-order valence-electron chi connectivity index (χ4n) is 5.96. The molecule has 12 nitrogen and oxygen atoms in total. The zero-order valence-corrected chi connectivity index (χ0v) is 32.6. The molecule has 2 aromatic heterocycles. The molecule has 0 saturated heterocycles. The van der Waals surface area contributed by atoms with E-state index in [1.54, 1.807) is 30.5 Å². The lowest BCUT2D eigenvalue weighted by atomic mass is 10.1. The summed E-state index contributed by atoms with van der Waals surface area (Å²) in [7, 11) is -3.84. The lowest BCUT2D eigenvalue weighted by Crippen LogP contribution is -2.42. The van der Waals surface area contributed by atoms with E-state index < -0.39 is 27.9 Å². The highest BCUT2D eigenvalue weighted by atomic mass is 32.2. The third-order valence-electron chi connectivity index (χ3n) is 8.51. The molecule has 0 atom stereocenters. The topological polar surface area (TPSA) is 131 Å². The molecule has 17 heteroatoms. The second-order valence-corrected chi connectivity index (χ2v) is 14.5. The smallest absolute Gasteiger partial charge is 0.484 e. The van der Waals surface area contributed by atoms with Crippen molar-refractivity contribution in [2.75, 3.05) is 40.8 Å². The van der Waals surface area contributed by atoms with Crippen molar-refractivity contribution in [1.29, 1.82) is 0 Å². The Kier molecular flexibility index (Phi) is 14.4. The van der Waals surface area contributed by atoms with Gasteiger partial charge < -0.3 is 24.6 Å². The number of hydrogen-bond donors (Lipinski definition) is 2. The van der Waals surface area contributed by atoms with Crippen LogP contribution in [0, 0.1) is 5.82 Å². The average molecular weight is 816 g/mol. The average Bonchev–Trinajstić information content (AvgIpc) is 3.88. The highest BCUT2D eigenvalue weighted by molar-refractivity contribution is 7.91. The maximum Gasteiger partial charge on any atom is 0.573 e.